The van der Waals surface area contributed by atoms with Crippen molar-refractivity contribution in [1.29, 1.82) is 0 Å². The zero-order valence-corrected chi connectivity index (χ0v) is 13.5. The Morgan fingerprint density at radius 1 is 0.875 bits per heavy atom. The van der Waals surface area contributed by atoms with E-state index in [4.69, 9.17) is 11.6 Å². The molecule has 0 bridgehead atoms. The van der Waals surface area contributed by atoms with Crippen LogP contribution in [0.25, 0.3) is 0 Å². The highest BCUT2D eigenvalue weighted by Gasteiger charge is 2.22. The molecule has 0 atom stereocenters. The molecule has 0 fully saturated rings. The minimum absolute atomic E-state index is 0.0243. The number of hydrogen-bond acceptors (Lipinski definition) is 1. The lowest BCUT2D eigenvalue weighted by Crippen LogP contribution is -2.22. The first-order valence-corrected chi connectivity index (χ1v) is 7.89. The van der Waals surface area contributed by atoms with Crippen molar-refractivity contribution in [3.63, 3.8) is 0 Å². The van der Waals surface area contributed by atoms with E-state index in [1.165, 1.54) is 18.2 Å². The van der Waals surface area contributed by atoms with Crippen LogP contribution in [0.15, 0.2) is 78.9 Å². The summed E-state index contributed by atoms with van der Waals surface area (Å²) in [4.78, 5) is 12.9. The molecule has 0 aromatic heterocycles. The number of benzene rings is 3. The number of halogens is 2. The fourth-order valence-corrected chi connectivity index (χ4v) is 2.76. The lowest BCUT2D eigenvalue weighted by Gasteiger charge is -2.18. The molecule has 0 radical (unpaired) electrons. The molecular formula is C20H15ClFNO. The number of carbonyl (C=O) groups excluding carboxylic acids is 1. The van der Waals surface area contributed by atoms with Gasteiger partial charge in [0.2, 0.25) is 5.91 Å². The van der Waals surface area contributed by atoms with Crippen LogP contribution in [0.5, 0.6) is 0 Å². The number of amides is 1. The zero-order valence-electron chi connectivity index (χ0n) is 12.7. The minimum Gasteiger partial charge on any atom is -0.325 e. The van der Waals surface area contributed by atoms with Gasteiger partial charge < -0.3 is 5.32 Å². The van der Waals surface area contributed by atoms with Crippen LogP contribution < -0.4 is 5.32 Å². The highest BCUT2D eigenvalue weighted by atomic mass is 35.5. The van der Waals surface area contributed by atoms with E-state index in [0.29, 0.717) is 5.69 Å². The van der Waals surface area contributed by atoms with Crippen molar-refractivity contribution in [1.82, 2.24) is 0 Å². The van der Waals surface area contributed by atoms with Gasteiger partial charge in [-0.05, 0) is 29.3 Å². The standard InChI is InChI=1S/C20H15ClFNO/c21-17-13-16(11-12-18(17)22)23-20(24)19(14-7-3-1-4-8-14)15-9-5-2-6-10-15/h1-13,19H,(H,23,24). The Morgan fingerprint density at radius 2 is 1.42 bits per heavy atom. The third-order valence-corrected chi connectivity index (χ3v) is 4.00. The van der Waals surface area contributed by atoms with Gasteiger partial charge in [-0.1, -0.05) is 72.3 Å². The summed E-state index contributed by atoms with van der Waals surface area (Å²) in [6.45, 7) is 0. The Morgan fingerprint density at radius 3 is 1.92 bits per heavy atom. The molecule has 1 N–H and O–H groups in total. The molecule has 3 aromatic carbocycles. The van der Waals surface area contributed by atoms with E-state index in [9.17, 15) is 9.18 Å². The van der Waals surface area contributed by atoms with E-state index < -0.39 is 11.7 Å². The van der Waals surface area contributed by atoms with Crippen LogP contribution in [0.2, 0.25) is 5.02 Å². The summed E-state index contributed by atoms with van der Waals surface area (Å²) in [5.41, 5.74) is 2.23. The van der Waals surface area contributed by atoms with Crippen molar-refractivity contribution in [3.05, 3.63) is 101 Å². The lowest BCUT2D eigenvalue weighted by atomic mass is 9.90. The first-order chi connectivity index (χ1) is 11.6. The van der Waals surface area contributed by atoms with E-state index in [1.54, 1.807) is 0 Å². The van der Waals surface area contributed by atoms with E-state index >= 15 is 0 Å². The average molecular weight is 340 g/mol. The van der Waals surface area contributed by atoms with Crippen molar-refractivity contribution < 1.29 is 9.18 Å². The van der Waals surface area contributed by atoms with Gasteiger partial charge >= 0.3 is 0 Å². The monoisotopic (exact) mass is 339 g/mol. The summed E-state index contributed by atoms with van der Waals surface area (Å²) in [7, 11) is 0. The topological polar surface area (TPSA) is 29.1 Å². The van der Waals surface area contributed by atoms with E-state index in [0.717, 1.165) is 11.1 Å². The molecule has 0 aliphatic heterocycles. The molecule has 2 nitrogen and oxygen atoms in total. The molecule has 0 aliphatic carbocycles. The third kappa shape index (κ3) is 3.63. The zero-order chi connectivity index (χ0) is 16.9. The number of nitrogens with one attached hydrogen (secondary N) is 1. The maximum absolute atomic E-state index is 13.3. The van der Waals surface area contributed by atoms with Gasteiger partial charge in [-0.15, -0.1) is 0 Å². The van der Waals surface area contributed by atoms with Crippen LogP contribution in [0.1, 0.15) is 17.0 Å². The molecule has 4 heteroatoms. The summed E-state index contributed by atoms with van der Waals surface area (Å²) in [6, 6.07) is 23.2. The molecule has 0 heterocycles. The van der Waals surface area contributed by atoms with E-state index in [2.05, 4.69) is 5.32 Å². The van der Waals surface area contributed by atoms with Gasteiger partial charge in [0, 0.05) is 5.69 Å². The number of carbonyl (C=O) groups is 1. The molecule has 1 amide bonds. The number of anilines is 1. The molecular weight excluding hydrogens is 325 g/mol. The quantitative estimate of drug-likeness (QED) is 0.691. The Bertz CT molecular complexity index is 797. The van der Waals surface area contributed by atoms with Gasteiger partial charge in [0.1, 0.15) is 5.82 Å². The Kier molecular flexibility index (Phi) is 4.92. The van der Waals surface area contributed by atoms with Crippen molar-refractivity contribution in [3.8, 4) is 0 Å². The molecule has 3 aromatic rings. The second-order valence-corrected chi connectivity index (χ2v) is 5.78. The van der Waals surface area contributed by atoms with Crippen molar-refractivity contribution in [2.75, 3.05) is 5.32 Å². The molecule has 0 spiro atoms. The first-order valence-electron chi connectivity index (χ1n) is 7.51. The van der Waals surface area contributed by atoms with E-state index in [-0.39, 0.29) is 10.9 Å². The summed E-state index contributed by atoms with van der Waals surface area (Å²) < 4.78 is 13.3. The van der Waals surface area contributed by atoms with Gasteiger partial charge in [0.05, 0.1) is 10.9 Å². The van der Waals surface area contributed by atoms with Crippen molar-refractivity contribution >= 4 is 23.2 Å². The average Bonchev–Trinajstić information content (AvgIpc) is 2.60. The molecule has 0 saturated carbocycles. The van der Waals surface area contributed by atoms with Crippen LogP contribution in [0, 0.1) is 5.82 Å². The highest BCUT2D eigenvalue weighted by molar-refractivity contribution is 6.31. The Labute approximate surface area is 144 Å². The molecule has 0 saturated heterocycles. The van der Waals surface area contributed by atoms with Crippen LogP contribution in [0.4, 0.5) is 10.1 Å². The molecule has 3 rings (SSSR count). The molecule has 120 valence electrons. The molecule has 24 heavy (non-hydrogen) atoms. The maximum Gasteiger partial charge on any atom is 0.236 e. The predicted molar refractivity (Wildman–Crippen MR) is 94.8 cm³/mol. The minimum atomic E-state index is -0.516. The summed E-state index contributed by atoms with van der Waals surface area (Å²) in [6.07, 6.45) is 0. The van der Waals surface area contributed by atoms with Crippen molar-refractivity contribution in [2.45, 2.75) is 5.92 Å². The van der Waals surface area contributed by atoms with Gasteiger partial charge in [0.25, 0.3) is 0 Å². The van der Waals surface area contributed by atoms with Crippen LogP contribution in [0.3, 0.4) is 0 Å². The van der Waals surface area contributed by atoms with Crippen LogP contribution in [-0.4, -0.2) is 5.91 Å². The predicted octanol–water partition coefficient (Wildman–Crippen LogP) is 5.25. The fraction of sp³-hybridized carbons (Fsp3) is 0.0500. The maximum atomic E-state index is 13.3. The third-order valence-electron chi connectivity index (χ3n) is 3.72. The number of hydrogen-bond donors (Lipinski definition) is 1. The van der Waals surface area contributed by atoms with Gasteiger partial charge in [-0.25, -0.2) is 4.39 Å². The molecule has 0 unspecified atom stereocenters. The Balaban J connectivity index is 1.93. The number of rotatable bonds is 4. The van der Waals surface area contributed by atoms with Gasteiger partial charge in [-0.2, -0.15) is 0 Å². The largest absolute Gasteiger partial charge is 0.325 e. The summed E-state index contributed by atoms with van der Waals surface area (Å²) in [5, 5.41) is 2.79. The Hall–Kier alpha value is -2.65. The SMILES string of the molecule is O=C(Nc1ccc(F)c(Cl)c1)C(c1ccccc1)c1ccccc1. The first kappa shape index (κ1) is 16.2. The molecule has 0 aliphatic rings. The highest BCUT2D eigenvalue weighted by Crippen LogP contribution is 2.27. The summed E-state index contributed by atoms with van der Waals surface area (Å²) in [5.74, 6) is -1.18. The van der Waals surface area contributed by atoms with Crippen LogP contribution >= 0.6 is 11.6 Å². The second-order valence-electron chi connectivity index (χ2n) is 5.37. The van der Waals surface area contributed by atoms with E-state index in [1.807, 2.05) is 60.7 Å². The normalized spacial score (nSPS) is 10.6. The summed E-state index contributed by atoms with van der Waals surface area (Å²) >= 11 is 5.78. The second kappa shape index (κ2) is 7.28. The van der Waals surface area contributed by atoms with Crippen LogP contribution in [-0.2, 0) is 4.79 Å². The van der Waals surface area contributed by atoms with Crippen molar-refractivity contribution in [2.24, 2.45) is 0 Å². The fourth-order valence-electron chi connectivity index (χ4n) is 2.57. The van der Waals surface area contributed by atoms with Gasteiger partial charge in [0.15, 0.2) is 0 Å². The van der Waals surface area contributed by atoms with Gasteiger partial charge in [-0.3, -0.25) is 4.79 Å². The smallest absolute Gasteiger partial charge is 0.236 e. The lowest BCUT2D eigenvalue weighted by molar-refractivity contribution is -0.116.